The number of sulfonamides is 1. The van der Waals surface area contributed by atoms with E-state index in [0.29, 0.717) is 6.54 Å². The molecule has 4 nitrogen and oxygen atoms in total. The molecule has 0 saturated carbocycles. The molecule has 2 rings (SSSR count). The van der Waals surface area contributed by atoms with Gasteiger partial charge in [0, 0.05) is 12.8 Å². The molecule has 7 heteroatoms. The zero-order valence-corrected chi connectivity index (χ0v) is 12.1. The van der Waals surface area contributed by atoms with Crippen molar-refractivity contribution in [3.05, 3.63) is 30.1 Å². The monoisotopic (exact) mass is 308 g/mol. The molecule has 1 heterocycles. The lowest BCUT2D eigenvalue weighted by Crippen LogP contribution is -3.10. The number of quaternary nitrogens is 1. The van der Waals surface area contributed by atoms with Crippen molar-refractivity contribution in [3.8, 4) is 0 Å². The fraction of sp³-hybridized carbons (Fsp3) is 0.500. The molecule has 0 aromatic heterocycles. The van der Waals surface area contributed by atoms with Crippen LogP contribution in [-0.4, -0.2) is 34.6 Å². The lowest BCUT2D eigenvalue weighted by molar-refractivity contribution is -0.886. The van der Waals surface area contributed by atoms with Gasteiger partial charge in [0.2, 0.25) is 10.0 Å². The standard InChI is InChI=1S/C12H17FN2O2S.ClH/c13-11-3-5-12(6-4-11)18(16,17)14-7-10-15-8-1-2-9-15;/h3-6,14H,1-2,7-10H2;1H. The van der Waals surface area contributed by atoms with Crippen LogP contribution in [0.15, 0.2) is 29.2 Å². The number of rotatable bonds is 5. The summed E-state index contributed by atoms with van der Waals surface area (Å²) in [7, 11) is -3.50. The Labute approximate surface area is 119 Å². The number of likely N-dealkylation sites (tertiary alicyclic amines) is 1. The molecule has 1 saturated heterocycles. The summed E-state index contributed by atoms with van der Waals surface area (Å²) >= 11 is 0. The summed E-state index contributed by atoms with van der Waals surface area (Å²) in [5.74, 6) is -0.435. The van der Waals surface area contributed by atoms with Crippen molar-refractivity contribution in [3.63, 3.8) is 0 Å². The minimum absolute atomic E-state index is 0. The molecule has 0 spiro atoms. The molecule has 1 aliphatic rings. The second-order valence-corrected chi connectivity index (χ2v) is 6.33. The first-order chi connectivity index (χ1) is 8.58. The van der Waals surface area contributed by atoms with E-state index < -0.39 is 15.8 Å². The lowest BCUT2D eigenvalue weighted by Gasteiger charge is -2.12. The molecular weight excluding hydrogens is 291 g/mol. The highest BCUT2D eigenvalue weighted by Gasteiger charge is 2.17. The van der Waals surface area contributed by atoms with Crippen LogP contribution in [0.5, 0.6) is 0 Å². The van der Waals surface area contributed by atoms with Gasteiger partial charge in [-0.2, -0.15) is 0 Å². The highest BCUT2D eigenvalue weighted by molar-refractivity contribution is 7.89. The molecule has 0 unspecified atom stereocenters. The summed E-state index contributed by atoms with van der Waals surface area (Å²) in [6.45, 7) is 3.48. The van der Waals surface area contributed by atoms with Gasteiger partial charge in [-0.05, 0) is 24.3 Å². The largest absolute Gasteiger partial charge is 1.00 e. The van der Waals surface area contributed by atoms with Gasteiger partial charge in [-0.1, -0.05) is 0 Å². The van der Waals surface area contributed by atoms with E-state index in [1.165, 1.54) is 29.9 Å². The summed E-state index contributed by atoms with van der Waals surface area (Å²) in [5, 5.41) is 0. The van der Waals surface area contributed by atoms with Gasteiger partial charge in [0.05, 0.1) is 31.1 Å². The van der Waals surface area contributed by atoms with Crippen molar-refractivity contribution in [2.24, 2.45) is 0 Å². The van der Waals surface area contributed by atoms with Crippen LogP contribution in [0.2, 0.25) is 0 Å². The van der Waals surface area contributed by atoms with Crippen molar-refractivity contribution in [2.75, 3.05) is 26.2 Å². The molecule has 0 radical (unpaired) electrons. The van der Waals surface area contributed by atoms with Gasteiger partial charge in [-0.25, -0.2) is 17.5 Å². The van der Waals surface area contributed by atoms with E-state index in [0.717, 1.165) is 31.8 Å². The van der Waals surface area contributed by atoms with Crippen LogP contribution in [0, 0.1) is 5.82 Å². The van der Waals surface area contributed by atoms with Crippen molar-refractivity contribution < 1.29 is 30.1 Å². The first kappa shape index (κ1) is 16.4. The number of hydrogen-bond donors (Lipinski definition) is 2. The molecule has 0 bridgehead atoms. The molecule has 2 N–H and O–H groups in total. The maximum Gasteiger partial charge on any atom is 0.240 e. The number of hydrogen-bond acceptors (Lipinski definition) is 2. The number of halogens is 2. The van der Waals surface area contributed by atoms with E-state index in [1.807, 2.05) is 0 Å². The Balaban J connectivity index is 0.00000180. The van der Waals surface area contributed by atoms with Crippen molar-refractivity contribution in [1.82, 2.24) is 4.72 Å². The molecule has 0 amide bonds. The van der Waals surface area contributed by atoms with Crippen LogP contribution in [-0.2, 0) is 10.0 Å². The Kier molecular flexibility index (Phi) is 6.19. The fourth-order valence-corrected chi connectivity index (χ4v) is 3.22. The van der Waals surface area contributed by atoms with Gasteiger partial charge >= 0.3 is 0 Å². The van der Waals surface area contributed by atoms with Crippen molar-refractivity contribution in [2.45, 2.75) is 17.7 Å². The Hall–Kier alpha value is -0.690. The summed E-state index contributed by atoms with van der Waals surface area (Å²) in [6.07, 6.45) is 2.44. The molecule has 1 aromatic carbocycles. The van der Waals surface area contributed by atoms with E-state index in [2.05, 4.69) is 4.72 Å². The van der Waals surface area contributed by atoms with Gasteiger partial charge in [0.15, 0.2) is 0 Å². The Bertz CT molecular complexity index is 487. The van der Waals surface area contributed by atoms with E-state index >= 15 is 0 Å². The Morgan fingerprint density at radius 2 is 1.74 bits per heavy atom. The maximum absolute atomic E-state index is 12.7. The predicted octanol–water partition coefficient (Wildman–Crippen LogP) is -3.21. The van der Waals surface area contributed by atoms with E-state index in [9.17, 15) is 12.8 Å². The summed E-state index contributed by atoms with van der Waals surface area (Å²) in [6, 6.07) is 4.86. The van der Waals surface area contributed by atoms with Crippen molar-refractivity contribution in [1.29, 1.82) is 0 Å². The van der Waals surface area contributed by atoms with Crippen LogP contribution in [0.3, 0.4) is 0 Å². The van der Waals surface area contributed by atoms with Crippen LogP contribution in [0.1, 0.15) is 12.8 Å². The van der Waals surface area contributed by atoms with Gasteiger partial charge in [0.1, 0.15) is 5.82 Å². The highest BCUT2D eigenvalue weighted by atomic mass is 35.5. The molecule has 0 aliphatic carbocycles. The molecule has 1 aliphatic heterocycles. The van der Waals surface area contributed by atoms with Crippen LogP contribution >= 0.6 is 0 Å². The molecule has 1 aromatic rings. The number of nitrogens with one attached hydrogen (secondary N) is 2. The smallest absolute Gasteiger partial charge is 0.240 e. The number of benzene rings is 1. The van der Waals surface area contributed by atoms with Crippen molar-refractivity contribution >= 4 is 10.0 Å². The minimum Gasteiger partial charge on any atom is -1.00 e. The molecule has 1 fully saturated rings. The van der Waals surface area contributed by atoms with Crippen LogP contribution < -0.4 is 22.0 Å². The van der Waals surface area contributed by atoms with Crippen LogP contribution in [0.25, 0.3) is 0 Å². The van der Waals surface area contributed by atoms with Crippen LogP contribution in [0.4, 0.5) is 4.39 Å². The SMILES string of the molecule is O=S(=O)(NCC[NH+]1CCCC1)c1ccc(F)cc1.[Cl-]. The van der Waals surface area contributed by atoms with E-state index in [-0.39, 0.29) is 17.3 Å². The Morgan fingerprint density at radius 1 is 1.16 bits per heavy atom. The average molecular weight is 309 g/mol. The quantitative estimate of drug-likeness (QED) is 0.602. The summed E-state index contributed by atoms with van der Waals surface area (Å²) in [4.78, 5) is 1.55. The third-order valence-electron chi connectivity index (χ3n) is 3.21. The predicted molar refractivity (Wildman–Crippen MR) is 66.4 cm³/mol. The molecule has 0 atom stereocenters. The zero-order chi connectivity index (χ0) is 13.0. The van der Waals surface area contributed by atoms with E-state index in [1.54, 1.807) is 0 Å². The van der Waals surface area contributed by atoms with Gasteiger partial charge in [0.25, 0.3) is 0 Å². The highest BCUT2D eigenvalue weighted by Crippen LogP contribution is 2.08. The first-order valence-corrected chi connectivity index (χ1v) is 7.65. The second-order valence-electron chi connectivity index (χ2n) is 4.56. The maximum atomic E-state index is 12.7. The zero-order valence-electron chi connectivity index (χ0n) is 10.5. The Morgan fingerprint density at radius 3 is 2.32 bits per heavy atom. The third-order valence-corrected chi connectivity index (χ3v) is 4.68. The molecule has 19 heavy (non-hydrogen) atoms. The fourth-order valence-electron chi connectivity index (χ4n) is 2.18. The summed E-state index contributed by atoms with van der Waals surface area (Å²) in [5.41, 5.74) is 0. The second kappa shape index (κ2) is 7.19. The normalized spacial score (nSPS) is 16.3. The molecular formula is C12H18ClFN2O2S. The minimum atomic E-state index is -3.50. The molecule has 108 valence electrons. The van der Waals surface area contributed by atoms with Gasteiger partial charge in [-0.15, -0.1) is 0 Å². The van der Waals surface area contributed by atoms with E-state index in [4.69, 9.17) is 0 Å². The van der Waals surface area contributed by atoms with Gasteiger partial charge in [-0.3, -0.25) is 0 Å². The average Bonchev–Trinajstić information content (AvgIpc) is 2.82. The van der Waals surface area contributed by atoms with Gasteiger partial charge < -0.3 is 17.3 Å². The summed E-state index contributed by atoms with van der Waals surface area (Å²) < 4.78 is 39.0. The topological polar surface area (TPSA) is 50.6 Å². The first-order valence-electron chi connectivity index (χ1n) is 6.17. The third kappa shape index (κ3) is 4.72. The lowest BCUT2D eigenvalue weighted by atomic mass is 10.4.